The Balaban J connectivity index is 1.51. The molecule has 0 spiro atoms. The van der Waals surface area contributed by atoms with Crippen LogP contribution in [-0.2, 0) is 0 Å². The monoisotopic (exact) mass is 295 g/mol. The van der Waals surface area contributed by atoms with E-state index in [1.54, 1.807) is 24.5 Å². The van der Waals surface area contributed by atoms with Gasteiger partial charge in [0, 0.05) is 37.7 Å². The zero-order valence-electron chi connectivity index (χ0n) is 12.8. The number of amides is 1. The highest BCUT2D eigenvalue weighted by Gasteiger charge is 2.23. The number of carbonyl (C=O) groups is 1. The summed E-state index contributed by atoms with van der Waals surface area (Å²) in [6.45, 7) is 4.87. The molecule has 0 aliphatic carbocycles. The normalized spacial score (nSPS) is 17.5. The van der Waals surface area contributed by atoms with Gasteiger partial charge in [-0.3, -0.25) is 9.78 Å². The summed E-state index contributed by atoms with van der Waals surface area (Å²) in [7, 11) is 0. The summed E-state index contributed by atoms with van der Waals surface area (Å²) in [4.78, 5) is 18.4. The Morgan fingerprint density at radius 2 is 2.14 bits per heavy atom. The SMILES string of the molecule is Cc1ccc(N2CCC(CNC(=O)c3cccnc3)C2)cc1. The van der Waals surface area contributed by atoms with E-state index in [1.165, 1.54) is 11.3 Å². The van der Waals surface area contributed by atoms with Crippen LogP contribution in [0.25, 0.3) is 0 Å². The summed E-state index contributed by atoms with van der Waals surface area (Å²) in [5, 5.41) is 3.02. The maximum absolute atomic E-state index is 12.0. The molecule has 1 aliphatic heterocycles. The molecule has 0 radical (unpaired) electrons. The van der Waals surface area contributed by atoms with Crippen molar-refractivity contribution in [2.24, 2.45) is 5.92 Å². The van der Waals surface area contributed by atoms with E-state index >= 15 is 0 Å². The first-order valence-electron chi connectivity index (χ1n) is 7.72. The fourth-order valence-electron chi connectivity index (χ4n) is 2.83. The predicted molar refractivity (Wildman–Crippen MR) is 88.1 cm³/mol. The lowest BCUT2D eigenvalue weighted by Gasteiger charge is -2.19. The van der Waals surface area contributed by atoms with Crippen molar-refractivity contribution in [2.45, 2.75) is 13.3 Å². The third kappa shape index (κ3) is 3.45. The lowest BCUT2D eigenvalue weighted by molar-refractivity contribution is 0.0948. The van der Waals surface area contributed by atoms with Gasteiger partial charge in [-0.2, -0.15) is 0 Å². The molecule has 2 heterocycles. The van der Waals surface area contributed by atoms with Crippen LogP contribution in [0.4, 0.5) is 5.69 Å². The summed E-state index contributed by atoms with van der Waals surface area (Å²) in [6.07, 6.45) is 4.39. The number of rotatable bonds is 4. The van der Waals surface area contributed by atoms with Crippen LogP contribution in [0.5, 0.6) is 0 Å². The lowest BCUT2D eigenvalue weighted by atomic mass is 10.1. The largest absolute Gasteiger partial charge is 0.371 e. The van der Waals surface area contributed by atoms with Gasteiger partial charge in [-0.25, -0.2) is 0 Å². The number of benzene rings is 1. The molecular weight excluding hydrogens is 274 g/mol. The van der Waals surface area contributed by atoms with Gasteiger partial charge in [-0.1, -0.05) is 17.7 Å². The molecule has 3 rings (SSSR count). The molecule has 1 N–H and O–H groups in total. The van der Waals surface area contributed by atoms with Gasteiger partial charge in [0.15, 0.2) is 0 Å². The maximum Gasteiger partial charge on any atom is 0.252 e. The number of pyridine rings is 1. The topological polar surface area (TPSA) is 45.2 Å². The van der Waals surface area contributed by atoms with E-state index in [2.05, 4.69) is 46.4 Å². The number of carbonyl (C=O) groups excluding carboxylic acids is 1. The quantitative estimate of drug-likeness (QED) is 0.943. The van der Waals surface area contributed by atoms with Crippen molar-refractivity contribution in [3.05, 3.63) is 59.9 Å². The van der Waals surface area contributed by atoms with E-state index in [-0.39, 0.29) is 5.91 Å². The van der Waals surface area contributed by atoms with E-state index in [4.69, 9.17) is 0 Å². The van der Waals surface area contributed by atoms with Gasteiger partial charge >= 0.3 is 0 Å². The van der Waals surface area contributed by atoms with Crippen LogP contribution in [0, 0.1) is 12.8 Å². The number of aryl methyl sites for hydroxylation is 1. The summed E-state index contributed by atoms with van der Waals surface area (Å²) in [6, 6.07) is 12.2. The number of nitrogens with one attached hydrogen (secondary N) is 1. The van der Waals surface area contributed by atoms with Crippen LogP contribution >= 0.6 is 0 Å². The molecular formula is C18H21N3O. The lowest BCUT2D eigenvalue weighted by Crippen LogP contribution is -2.31. The molecule has 1 amide bonds. The molecule has 114 valence electrons. The first-order valence-corrected chi connectivity index (χ1v) is 7.72. The molecule has 1 fully saturated rings. The second kappa shape index (κ2) is 6.60. The number of nitrogens with zero attached hydrogens (tertiary/aromatic N) is 2. The predicted octanol–water partition coefficient (Wildman–Crippen LogP) is 2.65. The molecule has 1 atom stereocenters. The van der Waals surface area contributed by atoms with E-state index < -0.39 is 0 Å². The van der Waals surface area contributed by atoms with Crippen LogP contribution in [0.15, 0.2) is 48.8 Å². The van der Waals surface area contributed by atoms with Crippen LogP contribution in [0.3, 0.4) is 0 Å². The van der Waals surface area contributed by atoms with Gasteiger partial charge in [0.05, 0.1) is 5.56 Å². The molecule has 1 aromatic heterocycles. The van der Waals surface area contributed by atoms with Crippen LogP contribution in [-0.4, -0.2) is 30.5 Å². The molecule has 1 unspecified atom stereocenters. The molecule has 2 aromatic rings. The zero-order chi connectivity index (χ0) is 15.4. The molecule has 1 saturated heterocycles. The Hall–Kier alpha value is -2.36. The van der Waals surface area contributed by atoms with Crippen molar-refractivity contribution in [2.75, 3.05) is 24.5 Å². The van der Waals surface area contributed by atoms with E-state index in [1.807, 2.05) is 0 Å². The second-order valence-corrected chi connectivity index (χ2v) is 5.89. The maximum atomic E-state index is 12.0. The number of anilines is 1. The summed E-state index contributed by atoms with van der Waals surface area (Å²) in [5.74, 6) is 0.462. The molecule has 22 heavy (non-hydrogen) atoms. The number of aromatic nitrogens is 1. The van der Waals surface area contributed by atoms with Gasteiger partial charge in [-0.05, 0) is 43.5 Å². The van der Waals surface area contributed by atoms with Crippen molar-refractivity contribution < 1.29 is 4.79 Å². The third-order valence-corrected chi connectivity index (χ3v) is 4.16. The minimum absolute atomic E-state index is 0.0399. The van der Waals surface area contributed by atoms with E-state index in [0.717, 1.165) is 26.1 Å². The van der Waals surface area contributed by atoms with E-state index in [9.17, 15) is 4.79 Å². The standard InChI is InChI=1S/C18H21N3O/c1-14-4-6-17(7-5-14)21-10-8-15(13-21)11-20-18(22)16-3-2-9-19-12-16/h2-7,9,12,15H,8,10-11,13H2,1H3,(H,20,22). The third-order valence-electron chi connectivity index (χ3n) is 4.16. The Bertz CT molecular complexity index is 625. The van der Waals surface area contributed by atoms with Crippen molar-refractivity contribution >= 4 is 11.6 Å². The molecule has 0 bridgehead atoms. The summed E-state index contributed by atoms with van der Waals surface area (Å²) >= 11 is 0. The minimum Gasteiger partial charge on any atom is -0.371 e. The Labute approximate surface area is 131 Å². The second-order valence-electron chi connectivity index (χ2n) is 5.89. The highest BCUT2D eigenvalue weighted by molar-refractivity contribution is 5.93. The average molecular weight is 295 g/mol. The van der Waals surface area contributed by atoms with Crippen LogP contribution in [0.2, 0.25) is 0 Å². The van der Waals surface area contributed by atoms with Crippen LogP contribution < -0.4 is 10.2 Å². The smallest absolute Gasteiger partial charge is 0.252 e. The van der Waals surface area contributed by atoms with Gasteiger partial charge in [0.25, 0.3) is 5.91 Å². The first kappa shape index (κ1) is 14.6. The fourth-order valence-corrected chi connectivity index (χ4v) is 2.83. The van der Waals surface area contributed by atoms with Gasteiger partial charge < -0.3 is 10.2 Å². The first-order chi connectivity index (χ1) is 10.7. The molecule has 4 heteroatoms. The van der Waals surface area contributed by atoms with Gasteiger partial charge in [-0.15, -0.1) is 0 Å². The van der Waals surface area contributed by atoms with Crippen molar-refractivity contribution in [3.63, 3.8) is 0 Å². The van der Waals surface area contributed by atoms with Crippen molar-refractivity contribution in [1.29, 1.82) is 0 Å². The van der Waals surface area contributed by atoms with Crippen LogP contribution in [0.1, 0.15) is 22.3 Å². The van der Waals surface area contributed by atoms with E-state index in [0.29, 0.717) is 11.5 Å². The molecule has 4 nitrogen and oxygen atoms in total. The summed E-state index contributed by atoms with van der Waals surface area (Å²) in [5.41, 5.74) is 3.17. The fraction of sp³-hybridized carbons (Fsp3) is 0.333. The van der Waals surface area contributed by atoms with Crippen molar-refractivity contribution in [1.82, 2.24) is 10.3 Å². The molecule has 0 saturated carbocycles. The minimum atomic E-state index is -0.0399. The Morgan fingerprint density at radius 3 is 2.86 bits per heavy atom. The van der Waals surface area contributed by atoms with Gasteiger partial charge in [0.2, 0.25) is 0 Å². The highest BCUT2D eigenvalue weighted by Crippen LogP contribution is 2.23. The Morgan fingerprint density at radius 1 is 1.32 bits per heavy atom. The summed E-state index contributed by atoms with van der Waals surface area (Å²) < 4.78 is 0. The number of hydrogen-bond donors (Lipinski definition) is 1. The average Bonchev–Trinajstić information content (AvgIpc) is 3.03. The molecule has 1 aliphatic rings. The number of hydrogen-bond acceptors (Lipinski definition) is 3. The van der Waals surface area contributed by atoms with Crippen molar-refractivity contribution in [3.8, 4) is 0 Å². The Kier molecular flexibility index (Phi) is 4.37. The van der Waals surface area contributed by atoms with Gasteiger partial charge in [0.1, 0.15) is 0 Å². The highest BCUT2D eigenvalue weighted by atomic mass is 16.1. The zero-order valence-corrected chi connectivity index (χ0v) is 12.8. The molecule has 1 aromatic carbocycles.